The van der Waals surface area contributed by atoms with E-state index < -0.39 is 0 Å². The van der Waals surface area contributed by atoms with Crippen LogP contribution in [0.25, 0.3) is 0 Å². The fourth-order valence-corrected chi connectivity index (χ4v) is 2.50. The van der Waals surface area contributed by atoms with E-state index in [9.17, 15) is 9.18 Å². The monoisotopic (exact) mass is 271 g/mol. The lowest BCUT2D eigenvalue weighted by Crippen LogP contribution is -2.31. The van der Waals surface area contributed by atoms with Crippen LogP contribution in [0.15, 0.2) is 18.2 Å². The van der Waals surface area contributed by atoms with E-state index in [2.05, 4.69) is 0 Å². The Morgan fingerprint density at radius 3 is 2.94 bits per heavy atom. The smallest absolute Gasteiger partial charge is 0.226 e. The van der Waals surface area contributed by atoms with Crippen LogP contribution in [0.4, 0.5) is 4.39 Å². The van der Waals surface area contributed by atoms with E-state index in [1.807, 2.05) is 0 Å². The lowest BCUT2D eigenvalue weighted by Gasteiger charge is -2.15. The van der Waals surface area contributed by atoms with Crippen molar-refractivity contribution in [1.29, 1.82) is 0 Å². The van der Waals surface area contributed by atoms with Gasteiger partial charge in [-0.1, -0.05) is 17.7 Å². The Kier molecular flexibility index (Phi) is 3.88. The van der Waals surface area contributed by atoms with Gasteiger partial charge in [0.15, 0.2) is 0 Å². The molecule has 1 amide bonds. The van der Waals surface area contributed by atoms with Crippen LogP contribution in [0.1, 0.15) is 17.9 Å². The van der Waals surface area contributed by atoms with Crippen molar-refractivity contribution >= 4 is 17.5 Å². The third-order valence-electron chi connectivity index (χ3n) is 3.29. The van der Waals surface area contributed by atoms with Crippen LogP contribution < -0.4 is 0 Å². The average Bonchev–Trinajstić information content (AvgIpc) is 3.08. The van der Waals surface area contributed by atoms with Crippen molar-refractivity contribution in [3.8, 4) is 0 Å². The largest absolute Gasteiger partial charge is 0.395 e. The molecule has 0 bridgehead atoms. The number of rotatable bonds is 4. The van der Waals surface area contributed by atoms with Crippen LogP contribution in [0, 0.1) is 11.7 Å². The second-order valence-corrected chi connectivity index (χ2v) is 4.97. The van der Waals surface area contributed by atoms with E-state index in [1.165, 1.54) is 11.0 Å². The van der Waals surface area contributed by atoms with Gasteiger partial charge in [0.25, 0.3) is 0 Å². The maximum Gasteiger partial charge on any atom is 0.226 e. The number of halogens is 2. The third-order valence-corrected chi connectivity index (χ3v) is 3.62. The standard InChI is InChI=1S/C13H15ClFNO2/c1-16(5-6-17)13(18)9-7-8(9)12-10(14)3-2-4-11(12)15/h2-4,8-9,17H,5-7H2,1H3. The van der Waals surface area contributed by atoms with E-state index in [0.29, 0.717) is 23.6 Å². The van der Waals surface area contributed by atoms with E-state index in [0.717, 1.165) is 0 Å². The van der Waals surface area contributed by atoms with Gasteiger partial charge >= 0.3 is 0 Å². The molecule has 2 unspecified atom stereocenters. The molecule has 1 saturated carbocycles. The molecule has 3 nitrogen and oxygen atoms in total. The minimum Gasteiger partial charge on any atom is -0.395 e. The number of nitrogens with zero attached hydrogens (tertiary/aromatic N) is 1. The van der Waals surface area contributed by atoms with Crippen LogP contribution in [0.2, 0.25) is 5.02 Å². The molecular weight excluding hydrogens is 257 g/mol. The normalized spacial score (nSPS) is 21.8. The molecule has 0 aliphatic heterocycles. The number of likely N-dealkylation sites (N-methyl/N-ethyl adjacent to an activating group) is 1. The van der Waals surface area contributed by atoms with Crippen molar-refractivity contribution in [2.75, 3.05) is 20.2 Å². The van der Waals surface area contributed by atoms with Gasteiger partial charge in [-0.3, -0.25) is 4.79 Å². The van der Waals surface area contributed by atoms with Gasteiger partial charge in [0.2, 0.25) is 5.91 Å². The molecule has 18 heavy (non-hydrogen) atoms. The molecule has 2 rings (SSSR count). The lowest BCUT2D eigenvalue weighted by atomic mass is 10.1. The van der Waals surface area contributed by atoms with E-state index in [4.69, 9.17) is 16.7 Å². The fourth-order valence-electron chi connectivity index (χ4n) is 2.20. The number of amides is 1. The Labute approximate surface area is 110 Å². The maximum absolute atomic E-state index is 13.7. The Balaban J connectivity index is 2.09. The zero-order valence-corrected chi connectivity index (χ0v) is 10.8. The second kappa shape index (κ2) is 5.24. The molecule has 0 radical (unpaired) electrons. The van der Waals surface area contributed by atoms with Gasteiger partial charge in [-0.2, -0.15) is 0 Å². The molecule has 1 aliphatic rings. The summed E-state index contributed by atoms with van der Waals surface area (Å²) in [5.74, 6) is -0.760. The minimum atomic E-state index is -0.354. The number of carbonyl (C=O) groups excluding carboxylic acids is 1. The SMILES string of the molecule is CN(CCO)C(=O)C1CC1c1c(F)cccc1Cl. The molecule has 1 aliphatic carbocycles. The number of hydrogen-bond donors (Lipinski definition) is 1. The van der Waals surface area contributed by atoms with Crippen LogP contribution in [0.3, 0.4) is 0 Å². The summed E-state index contributed by atoms with van der Waals surface area (Å²) in [5, 5.41) is 9.16. The topological polar surface area (TPSA) is 40.5 Å². The van der Waals surface area contributed by atoms with Gasteiger partial charge < -0.3 is 10.0 Å². The first kappa shape index (κ1) is 13.3. The van der Waals surface area contributed by atoms with Crippen LogP contribution >= 0.6 is 11.6 Å². The summed E-state index contributed by atoms with van der Waals surface area (Å²) in [7, 11) is 1.64. The van der Waals surface area contributed by atoms with Crippen LogP contribution in [0.5, 0.6) is 0 Å². The summed E-state index contributed by atoms with van der Waals surface area (Å²) in [6.07, 6.45) is 0.620. The number of aliphatic hydroxyl groups excluding tert-OH is 1. The number of hydrogen-bond acceptors (Lipinski definition) is 2. The lowest BCUT2D eigenvalue weighted by molar-refractivity contribution is -0.131. The number of carbonyl (C=O) groups is 1. The molecule has 5 heteroatoms. The predicted octanol–water partition coefficient (Wildman–Crippen LogP) is 2.03. The minimum absolute atomic E-state index is 0.0617. The Morgan fingerprint density at radius 1 is 1.61 bits per heavy atom. The van der Waals surface area contributed by atoms with E-state index in [1.54, 1.807) is 19.2 Å². The summed E-state index contributed by atoms with van der Waals surface area (Å²) in [6.45, 7) is 0.229. The van der Waals surface area contributed by atoms with Crippen molar-refractivity contribution in [3.05, 3.63) is 34.6 Å². The summed E-state index contributed by atoms with van der Waals surface area (Å²) >= 11 is 5.97. The van der Waals surface area contributed by atoms with Crippen molar-refractivity contribution in [2.45, 2.75) is 12.3 Å². The summed E-state index contributed by atoms with van der Waals surface area (Å²) in [5.41, 5.74) is 0.440. The summed E-state index contributed by atoms with van der Waals surface area (Å²) < 4.78 is 13.7. The second-order valence-electron chi connectivity index (χ2n) is 4.57. The first-order valence-corrected chi connectivity index (χ1v) is 6.23. The highest BCUT2D eigenvalue weighted by Gasteiger charge is 2.47. The highest BCUT2D eigenvalue weighted by molar-refractivity contribution is 6.31. The summed E-state index contributed by atoms with van der Waals surface area (Å²) in [4.78, 5) is 13.4. The van der Waals surface area contributed by atoms with Gasteiger partial charge in [-0.25, -0.2) is 4.39 Å². The van der Waals surface area contributed by atoms with Crippen molar-refractivity contribution in [2.24, 2.45) is 5.92 Å². The van der Waals surface area contributed by atoms with Crippen molar-refractivity contribution in [1.82, 2.24) is 4.90 Å². The van der Waals surface area contributed by atoms with E-state index >= 15 is 0 Å². The Bertz CT molecular complexity index is 446. The van der Waals surface area contributed by atoms with Crippen LogP contribution in [-0.2, 0) is 4.79 Å². The quantitative estimate of drug-likeness (QED) is 0.910. The Hall–Kier alpha value is -1.13. The van der Waals surface area contributed by atoms with E-state index in [-0.39, 0.29) is 30.2 Å². The molecule has 0 aromatic heterocycles. The zero-order valence-electron chi connectivity index (χ0n) is 10.1. The molecule has 0 saturated heterocycles. The van der Waals surface area contributed by atoms with Crippen LogP contribution in [-0.4, -0.2) is 36.1 Å². The zero-order chi connectivity index (χ0) is 13.3. The third kappa shape index (κ3) is 2.49. The fraction of sp³-hybridized carbons (Fsp3) is 0.462. The number of aliphatic hydroxyl groups is 1. The van der Waals surface area contributed by atoms with Crippen molar-refractivity contribution in [3.63, 3.8) is 0 Å². The molecular formula is C13H15ClFNO2. The van der Waals surface area contributed by atoms with Gasteiger partial charge in [0.1, 0.15) is 5.82 Å². The maximum atomic E-state index is 13.7. The molecule has 98 valence electrons. The summed E-state index contributed by atoms with van der Waals surface area (Å²) in [6, 6.07) is 4.55. The highest BCUT2D eigenvalue weighted by Crippen LogP contribution is 2.51. The molecule has 0 heterocycles. The number of benzene rings is 1. The van der Waals surface area contributed by atoms with Gasteiger partial charge in [-0.05, 0) is 18.6 Å². The molecule has 0 spiro atoms. The average molecular weight is 272 g/mol. The molecule has 1 aromatic rings. The molecule has 1 fully saturated rings. The van der Waals surface area contributed by atoms with Gasteiger partial charge in [-0.15, -0.1) is 0 Å². The van der Waals surface area contributed by atoms with Gasteiger partial charge in [0.05, 0.1) is 6.61 Å². The molecule has 1 N–H and O–H groups in total. The van der Waals surface area contributed by atoms with Crippen molar-refractivity contribution < 1.29 is 14.3 Å². The molecule has 1 aromatic carbocycles. The predicted molar refractivity (Wildman–Crippen MR) is 67.0 cm³/mol. The highest BCUT2D eigenvalue weighted by atomic mass is 35.5. The van der Waals surface area contributed by atoms with Gasteiger partial charge in [0, 0.05) is 36.0 Å². The first-order chi connectivity index (χ1) is 8.56. The Morgan fingerprint density at radius 2 is 2.33 bits per heavy atom. The molecule has 2 atom stereocenters. The first-order valence-electron chi connectivity index (χ1n) is 5.86.